The Morgan fingerprint density at radius 1 is 1.33 bits per heavy atom. The summed E-state index contributed by atoms with van der Waals surface area (Å²) in [6.07, 6.45) is 2.34. The first-order valence-corrected chi connectivity index (χ1v) is 8.63. The average Bonchev–Trinajstić information content (AvgIpc) is 3.15. The summed E-state index contributed by atoms with van der Waals surface area (Å²) in [5.74, 6) is 1.97. The fourth-order valence-electron chi connectivity index (χ4n) is 3.41. The van der Waals surface area contributed by atoms with Crippen molar-refractivity contribution in [3.63, 3.8) is 0 Å². The third kappa shape index (κ3) is 3.84. The van der Waals surface area contributed by atoms with Gasteiger partial charge >= 0.3 is 0 Å². The van der Waals surface area contributed by atoms with Crippen LogP contribution >= 0.6 is 0 Å². The van der Waals surface area contributed by atoms with E-state index in [1.54, 1.807) is 7.11 Å². The van der Waals surface area contributed by atoms with Crippen LogP contribution in [0.15, 0.2) is 10.6 Å². The van der Waals surface area contributed by atoms with Gasteiger partial charge in [-0.05, 0) is 58.7 Å². The molecule has 7 nitrogen and oxygen atoms in total. The Bertz CT molecular complexity index is 658. The van der Waals surface area contributed by atoms with Crippen molar-refractivity contribution in [1.29, 1.82) is 0 Å². The Balaban J connectivity index is 1.53. The van der Waals surface area contributed by atoms with Crippen LogP contribution in [0.25, 0.3) is 0 Å². The second kappa shape index (κ2) is 7.44. The maximum atomic E-state index is 5.38. The van der Waals surface area contributed by atoms with Gasteiger partial charge in [-0.3, -0.25) is 9.58 Å². The predicted octanol–water partition coefficient (Wildman–Crippen LogP) is 2.50. The lowest BCUT2D eigenvalue weighted by Crippen LogP contribution is -2.37. The number of nitrogens with zero attached hydrogens (tertiary/aromatic N) is 5. The summed E-state index contributed by atoms with van der Waals surface area (Å²) in [6, 6.07) is 2.29. The summed E-state index contributed by atoms with van der Waals surface area (Å²) < 4.78 is 12.6. The van der Waals surface area contributed by atoms with Gasteiger partial charge in [0.25, 0.3) is 0 Å². The van der Waals surface area contributed by atoms with Crippen LogP contribution in [0.1, 0.15) is 48.9 Å². The molecule has 3 rings (SSSR count). The van der Waals surface area contributed by atoms with Gasteiger partial charge in [-0.1, -0.05) is 5.16 Å². The lowest BCUT2D eigenvalue weighted by Gasteiger charge is -2.34. The standard InChI is InChI=1S/C17H27N5O2/c1-12-9-13(2)22(19-12)10-15-5-7-21(8-6-15)14(3)17-18-16(11-23-4)20-24-17/h9,14-15H,5-8,10-11H2,1-4H3/t14-/m0/s1. The molecule has 1 fully saturated rings. The molecular formula is C17H27N5O2. The van der Waals surface area contributed by atoms with Gasteiger partial charge < -0.3 is 9.26 Å². The Morgan fingerprint density at radius 3 is 2.71 bits per heavy atom. The van der Waals surface area contributed by atoms with Gasteiger partial charge in [-0.25, -0.2) is 0 Å². The molecule has 2 aromatic heterocycles. The van der Waals surface area contributed by atoms with Crippen molar-refractivity contribution in [2.24, 2.45) is 5.92 Å². The van der Waals surface area contributed by atoms with E-state index in [-0.39, 0.29) is 6.04 Å². The van der Waals surface area contributed by atoms with Crippen LogP contribution in [0.5, 0.6) is 0 Å². The maximum Gasteiger partial charge on any atom is 0.243 e. The zero-order valence-corrected chi connectivity index (χ0v) is 15.0. The van der Waals surface area contributed by atoms with Crippen LogP contribution in [0, 0.1) is 19.8 Å². The Kier molecular flexibility index (Phi) is 5.30. The highest BCUT2D eigenvalue weighted by molar-refractivity contribution is 5.06. The van der Waals surface area contributed by atoms with E-state index in [2.05, 4.69) is 51.7 Å². The zero-order chi connectivity index (χ0) is 17.1. The van der Waals surface area contributed by atoms with Crippen molar-refractivity contribution in [2.75, 3.05) is 20.2 Å². The third-order valence-corrected chi connectivity index (χ3v) is 4.85. The van der Waals surface area contributed by atoms with Gasteiger partial charge in [0.05, 0.1) is 11.7 Å². The van der Waals surface area contributed by atoms with Gasteiger partial charge in [-0.2, -0.15) is 10.1 Å². The molecule has 0 amide bonds. The van der Waals surface area contributed by atoms with Crippen molar-refractivity contribution < 1.29 is 9.26 Å². The first kappa shape index (κ1) is 17.1. The SMILES string of the molecule is COCc1noc([C@H](C)N2CCC(Cn3nc(C)cc3C)CC2)n1. The highest BCUT2D eigenvalue weighted by Crippen LogP contribution is 2.26. The quantitative estimate of drug-likeness (QED) is 0.809. The number of aromatic nitrogens is 4. The third-order valence-electron chi connectivity index (χ3n) is 4.85. The number of likely N-dealkylation sites (tertiary alicyclic amines) is 1. The summed E-state index contributed by atoms with van der Waals surface area (Å²) in [4.78, 5) is 6.84. The van der Waals surface area contributed by atoms with Crippen molar-refractivity contribution >= 4 is 0 Å². The second-order valence-corrected chi connectivity index (χ2v) is 6.75. The van der Waals surface area contributed by atoms with Crippen molar-refractivity contribution in [3.05, 3.63) is 29.2 Å². The van der Waals surface area contributed by atoms with E-state index in [9.17, 15) is 0 Å². The van der Waals surface area contributed by atoms with Gasteiger partial charge in [-0.15, -0.1) is 0 Å². The Morgan fingerprint density at radius 2 is 2.08 bits per heavy atom. The van der Waals surface area contributed by atoms with E-state index >= 15 is 0 Å². The molecule has 24 heavy (non-hydrogen) atoms. The summed E-state index contributed by atoms with van der Waals surface area (Å²) in [6.45, 7) is 9.81. The maximum absolute atomic E-state index is 5.38. The number of ether oxygens (including phenoxy) is 1. The molecule has 1 atom stereocenters. The largest absolute Gasteiger partial charge is 0.377 e. The Labute approximate surface area is 143 Å². The summed E-state index contributed by atoms with van der Waals surface area (Å²) >= 11 is 0. The molecule has 0 N–H and O–H groups in total. The first-order chi connectivity index (χ1) is 11.6. The summed E-state index contributed by atoms with van der Waals surface area (Å²) in [7, 11) is 1.63. The van der Waals surface area contributed by atoms with Gasteiger partial charge in [0.1, 0.15) is 6.61 Å². The minimum Gasteiger partial charge on any atom is -0.377 e. The molecule has 0 radical (unpaired) electrons. The molecule has 3 heterocycles. The van der Waals surface area contributed by atoms with Crippen molar-refractivity contribution in [1.82, 2.24) is 24.8 Å². The van der Waals surface area contributed by atoms with Crippen LogP contribution in [-0.4, -0.2) is 45.0 Å². The number of hydrogen-bond acceptors (Lipinski definition) is 6. The normalized spacial score (nSPS) is 18.2. The molecular weight excluding hydrogens is 306 g/mol. The average molecular weight is 333 g/mol. The van der Waals surface area contributed by atoms with Crippen LogP contribution in [-0.2, 0) is 17.9 Å². The number of hydrogen-bond donors (Lipinski definition) is 0. The Hall–Kier alpha value is -1.73. The number of piperidine rings is 1. The zero-order valence-electron chi connectivity index (χ0n) is 15.0. The molecule has 0 bridgehead atoms. The number of rotatable bonds is 6. The molecule has 1 aliphatic rings. The van der Waals surface area contributed by atoms with Gasteiger partial charge in [0.15, 0.2) is 5.82 Å². The molecule has 132 valence electrons. The minimum atomic E-state index is 0.151. The molecule has 0 aromatic carbocycles. The molecule has 2 aromatic rings. The fourth-order valence-corrected chi connectivity index (χ4v) is 3.41. The van der Waals surface area contributed by atoms with E-state index in [1.165, 1.54) is 18.5 Å². The van der Waals surface area contributed by atoms with E-state index in [4.69, 9.17) is 9.26 Å². The van der Waals surface area contributed by atoms with Crippen molar-refractivity contribution in [2.45, 2.75) is 52.8 Å². The molecule has 0 saturated carbocycles. The highest BCUT2D eigenvalue weighted by atomic mass is 16.5. The smallest absolute Gasteiger partial charge is 0.243 e. The van der Waals surface area contributed by atoms with Crippen molar-refractivity contribution in [3.8, 4) is 0 Å². The molecule has 1 saturated heterocycles. The number of aryl methyl sites for hydroxylation is 2. The monoisotopic (exact) mass is 333 g/mol. The van der Waals surface area contributed by atoms with E-state index < -0.39 is 0 Å². The second-order valence-electron chi connectivity index (χ2n) is 6.75. The van der Waals surface area contributed by atoms with Gasteiger partial charge in [0, 0.05) is 19.3 Å². The topological polar surface area (TPSA) is 69.2 Å². The minimum absolute atomic E-state index is 0.151. The first-order valence-electron chi connectivity index (χ1n) is 8.63. The summed E-state index contributed by atoms with van der Waals surface area (Å²) in [5, 5.41) is 8.54. The molecule has 0 aliphatic carbocycles. The highest BCUT2D eigenvalue weighted by Gasteiger charge is 2.27. The number of methoxy groups -OCH3 is 1. The van der Waals surface area contributed by atoms with Crippen LogP contribution in [0.2, 0.25) is 0 Å². The lowest BCUT2D eigenvalue weighted by molar-refractivity contribution is 0.112. The van der Waals surface area contributed by atoms with E-state index in [1.807, 2.05) is 0 Å². The van der Waals surface area contributed by atoms with Gasteiger partial charge in [0.2, 0.25) is 5.89 Å². The van der Waals surface area contributed by atoms with E-state index in [0.29, 0.717) is 24.2 Å². The van der Waals surface area contributed by atoms with E-state index in [0.717, 1.165) is 25.3 Å². The molecule has 0 spiro atoms. The molecule has 7 heteroatoms. The lowest BCUT2D eigenvalue weighted by atomic mass is 9.96. The summed E-state index contributed by atoms with van der Waals surface area (Å²) in [5.41, 5.74) is 2.35. The fraction of sp³-hybridized carbons (Fsp3) is 0.706. The van der Waals surface area contributed by atoms with Crippen LogP contribution in [0.4, 0.5) is 0 Å². The van der Waals surface area contributed by atoms with Crippen LogP contribution in [0.3, 0.4) is 0 Å². The molecule has 1 aliphatic heterocycles. The predicted molar refractivity (Wildman–Crippen MR) is 89.4 cm³/mol. The molecule has 0 unspecified atom stereocenters. The van der Waals surface area contributed by atoms with Crippen LogP contribution < -0.4 is 0 Å².